The van der Waals surface area contributed by atoms with Gasteiger partial charge in [-0.05, 0) is 72.3 Å². The summed E-state index contributed by atoms with van der Waals surface area (Å²) in [6.07, 6.45) is 3.72. The van der Waals surface area contributed by atoms with Crippen LogP contribution in [0.15, 0.2) is 24.3 Å². The van der Waals surface area contributed by atoms with E-state index >= 15 is 0 Å². The number of ether oxygens (including phenoxy) is 2. The number of cyclic esters (lactones) is 4. The van der Waals surface area contributed by atoms with Crippen LogP contribution in [0.3, 0.4) is 0 Å². The third-order valence-corrected chi connectivity index (χ3v) is 9.27. The zero-order chi connectivity index (χ0) is 20.3. The lowest BCUT2D eigenvalue weighted by Crippen LogP contribution is -2.30. The quantitative estimate of drug-likeness (QED) is 0.554. The van der Waals surface area contributed by atoms with E-state index < -0.39 is 0 Å². The fourth-order valence-electron chi connectivity index (χ4n) is 8.30. The lowest BCUT2D eigenvalue weighted by molar-refractivity contribution is -0.156. The molecule has 2 aliphatic heterocycles. The largest absolute Gasteiger partial charge is 0.393 e. The van der Waals surface area contributed by atoms with Crippen molar-refractivity contribution in [3.63, 3.8) is 0 Å². The molecule has 6 aliphatic rings. The molecule has 2 heterocycles. The summed E-state index contributed by atoms with van der Waals surface area (Å²) in [6.45, 7) is 0. The van der Waals surface area contributed by atoms with Crippen LogP contribution in [-0.4, -0.2) is 23.9 Å². The van der Waals surface area contributed by atoms with E-state index in [2.05, 4.69) is 24.3 Å². The maximum absolute atomic E-state index is 12.2. The molecule has 0 amide bonds. The SMILES string of the molecule is O=C1OC(=O)C2C3CC(CC3c3cccc(C4CC5CC4C4C(=O)OC(=O)C54)c3)C12. The minimum absolute atomic E-state index is 0.182. The third kappa shape index (κ3) is 2.00. The summed E-state index contributed by atoms with van der Waals surface area (Å²) in [6, 6.07) is 8.60. The molecule has 4 bridgehead atoms. The molecule has 6 heteroatoms. The van der Waals surface area contributed by atoms with Gasteiger partial charge in [0.25, 0.3) is 0 Å². The van der Waals surface area contributed by atoms with E-state index in [1.54, 1.807) is 0 Å². The molecule has 0 N–H and O–H groups in total. The molecule has 7 rings (SSSR count). The molecule has 4 saturated carbocycles. The molecule has 0 aromatic heterocycles. The zero-order valence-corrected chi connectivity index (χ0v) is 16.4. The van der Waals surface area contributed by atoms with Crippen molar-refractivity contribution >= 4 is 23.9 Å². The highest BCUT2D eigenvalue weighted by molar-refractivity contribution is 5.98. The molecule has 1 aromatic rings. The Kier molecular flexibility index (Phi) is 3.21. The number of carbonyl (C=O) groups is 4. The molecular formula is C24H22O6. The summed E-state index contributed by atoms with van der Waals surface area (Å²) in [7, 11) is 0. The molecule has 10 unspecified atom stereocenters. The van der Waals surface area contributed by atoms with Crippen LogP contribution < -0.4 is 0 Å². The number of benzene rings is 1. The normalized spacial score (nSPS) is 47.6. The highest BCUT2D eigenvalue weighted by atomic mass is 16.6. The first kappa shape index (κ1) is 17.2. The van der Waals surface area contributed by atoms with Gasteiger partial charge in [0, 0.05) is 0 Å². The maximum atomic E-state index is 12.2. The topological polar surface area (TPSA) is 86.7 Å². The van der Waals surface area contributed by atoms with Crippen LogP contribution in [0.5, 0.6) is 0 Å². The predicted molar refractivity (Wildman–Crippen MR) is 101 cm³/mol. The van der Waals surface area contributed by atoms with Crippen molar-refractivity contribution in [1.82, 2.24) is 0 Å². The first-order valence-electron chi connectivity index (χ1n) is 11.1. The molecule has 2 saturated heterocycles. The minimum atomic E-state index is -0.332. The second-order valence-corrected chi connectivity index (χ2v) is 10.3. The van der Waals surface area contributed by atoms with Gasteiger partial charge < -0.3 is 9.47 Å². The van der Waals surface area contributed by atoms with Gasteiger partial charge in [-0.2, -0.15) is 0 Å². The van der Waals surface area contributed by atoms with Gasteiger partial charge in [0.2, 0.25) is 0 Å². The third-order valence-electron chi connectivity index (χ3n) is 9.27. The summed E-state index contributed by atoms with van der Waals surface area (Å²) >= 11 is 0. The molecule has 154 valence electrons. The fraction of sp³-hybridized carbons (Fsp3) is 0.583. The Morgan fingerprint density at radius 2 is 1.03 bits per heavy atom. The van der Waals surface area contributed by atoms with Crippen LogP contribution in [-0.2, 0) is 28.7 Å². The van der Waals surface area contributed by atoms with Crippen molar-refractivity contribution in [2.24, 2.45) is 47.3 Å². The van der Waals surface area contributed by atoms with Crippen LogP contribution >= 0.6 is 0 Å². The van der Waals surface area contributed by atoms with Gasteiger partial charge in [-0.3, -0.25) is 19.2 Å². The van der Waals surface area contributed by atoms with Crippen LogP contribution in [0.2, 0.25) is 0 Å². The number of rotatable bonds is 2. The lowest BCUT2D eigenvalue weighted by Gasteiger charge is -2.30. The van der Waals surface area contributed by atoms with E-state index in [0.29, 0.717) is 0 Å². The second kappa shape index (κ2) is 5.59. The highest BCUT2D eigenvalue weighted by Crippen LogP contribution is 2.63. The van der Waals surface area contributed by atoms with Crippen molar-refractivity contribution in [2.75, 3.05) is 0 Å². The van der Waals surface area contributed by atoms with Crippen LogP contribution in [0, 0.1) is 47.3 Å². The van der Waals surface area contributed by atoms with E-state index in [4.69, 9.17) is 9.47 Å². The van der Waals surface area contributed by atoms with Crippen LogP contribution in [0.25, 0.3) is 0 Å². The molecule has 30 heavy (non-hydrogen) atoms. The number of esters is 4. The van der Waals surface area contributed by atoms with E-state index in [-0.39, 0.29) is 83.1 Å². The Bertz CT molecular complexity index is 951. The van der Waals surface area contributed by atoms with Crippen molar-refractivity contribution in [3.8, 4) is 0 Å². The standard InChI is InChI=1S/C24H22O6/c25-21-17-11-5-13(15(7-11)19(17)23(27)29-21)9-2-1-3-10(4-9)14-6-12-8-16(14)20-18(12)22(26)30-24(20)28/h1-4,11-20H,5-8H2. The fourth-order valence-corrected chi connectivity index (χ4v) is 8.30. The summed E-state index contributed by atoms with van der Waals surface area (Å²) in [5, 5.41) is 0. The average molecular weight is 406 g/mol. The van der Waals surface area contributed by atoms with Gasteiger partial charge in [0.15, 0.2) is 0 Å². The number of fused-ring (bicyclic) bond motifs is 10. The van der Waals surface area contributed by atoms with Crippen molar-refractivity contribution in [3.05, 3.63) is 35.4 Å². The Morgan fingerprint density at radius 3 is 1.50 bits per heavy atom. The Balaban J connectivity index is 1.18. The number of hydrogen-bond donors (Lipinski definition) is 0. The van der Waals surface area contributed by atoms with E-state index in [1.807, 2.05) is 0 Å². The summed E-state index contributed by atoms with van der Waals surface area (Å²) in [5.41, 5.74) is 2.46. The molecule has 0 spiro atoms. The molecule has 6 fully saturated rings. The summed E-state index contributed by atoms with van der Waals surface area (Å²) < 4.78 is 9.88. The van der Waals surface area contributed by atoms with Crippen LogP contribution in [0.4, 0.5) is 0 Å². The van der Waals surface area contributed by atoms with Gasteiger partial charge in [-0.25, -0.2) is 0 Å². The highest BCUT2D eigenvalue weighted by Gasteiger charge is 2.64. The summed E-state index contributed by atoms with van der Waals surface area (Å²) in [4.78, 5) is 48.6. The summed E-state index contributed by atoms with van der Waals surface area (Å²) in [5.74, 6) is -0.891. The molecular weight excluding hydrogens is 384 g/mol. The maximum Gasteiger partial charge on any atom is 0.317 e. The number of carbonyl (C=O) groups excluding carboxylic acids is 4. The minimum Gasteiger partial charge on any atom is -0.393 e. The molecule has 1 aromatic carbocycles. The van der Waals surface area contributed by atoms with Crippen molar-refractivity contribution in [2.45, 2.75) is 37.5 Å². The van der Waals surface area contributed by atoms with Gasteiger partial charge in [-0.15, -0.1) is 0 Å². The first-order chi connectivity index (χ1) is 14.5. The zero-order valence-electron chi connectivity index (χ0n) is 16.4. The first-order valence-corrected chi connectivity index (χ1v) is 11.1. The van der Waals surface area contributed by atoms with Crippen molar-refractivity contribution < 1.29 is 28.7 Å². The van der Waals surface area contributed by atoms with Gasteiger partial charge in [0.1, 0.15) is 0 Å². The molecule has 0 radical (unpaired) electrons. The Morgan fingerprint density at radius 1 is 0.600 bits per heavy atom. The molecule has 6 nitrogen and oxygen atoms in total. The monoisotopic (exact) mass is 406 g/mol. The second-order valence-electron chi connectivity index (χ2n) is 10.3. The van der Waals surface area contributed by atoms with E-state index in [9.17, 15) is 19.2 Å². The molecule has 10 atom stereocenters. The Labute approximate surface area is 173 Å². The smallest absolute Gasteiger partial charge is 0.317 e. The van der Waals surface area contributed by atoms with Gasteiger partial charge >= 0.3 is 23.9 Å². The number of hydrogen-bond acceptors (Lipinski definition) is 6. The average Bonchev–Trinajstić information content (AvgIpc) is 3.54. The Hall–Kier alpha value is -2.50. The lowest BCUT2D eigenvalue weighted by atomic mass is 9.70. The van der Waals surface area contributed by atoms with Crippen molar-refractivity contribution in [1.29, 1.82) is 0 Å². The molecule has 4 aliphatic carbocycles. The van der Waals surface area contributed by atoms with E-state index in [1.165, 1.54) is 11.1 Å². The predicted octanol–water partition coefficient (Wildman–Crippen LogP) is 2.57. The van der Waals surface area contributed by atoms with Gasteiger partial charge in [0.05, 0.1) is 23.7 Å². The van der Waals surface area contributed by atoms with Gasteiger partial charge in [-0.1, -0.05) is 24.3 Å². The van der Waals surface area contributed by atoms with Crippen LogP contribution in [0.1, 0.15) is 48.6 Å². The van der Waals surface area contributed by atoms with E-state index in [0.717, 1.165) is 25.7 Å².